The van der Waals surface area contributed by atoms with Crippen LogP contribution in [-0.2, 0) is 14.8 Å². The molecule has 16 heavy (non-hydrogen) atoms. The molecule has 1 atom stereocenters. The van der Waals surface area contributed by atoms with Crippen molar-refractivity contribution >= 4 is 21.6 Å². The van der Waals surface area contributed by atoms with E-state index in [0.29, 0.717) is 11.4 Å². The first kappa shape index (κ1) is 10.9. The van der Waals surface area contributed by atoms with Gasteiger partial charge in [-0.25, -0.2) is 13.6 Å². The Kier molecular flexibility index (Phi) is 2.36. The van der Waals surface area contributed by atoms with E-state index in [2.05, 4.69) is 5.32 Å². The van der Waals surface area contributed by atoms with Gasteiger partial charge in [0.15, 0.2) is 6.10 Å². The molecule has 0 bridgehead atoms. The molecule has 3 N–H and O–H groups in total. The Bertz CT molecular complexity index is 553. The fourth-order valence-electron chi connectivity index (χ4n) is 1.36. The van der Waals surface area contributed by atoms with Gasteiger partial charge in [-0.1, -0.05) is 0 Å². The average Bonchev–Trinajstić information content (AvgIpc) is 2.17. The number of sulfonamides is 1. The number of fused-ring (bicyclic) bond motifs is 1. The molecule has 2 rings (SSSR count). The Labute approximate surface area is 92.4 Å². The fourth-order valence-corrected chi connectivity index (χ4v) is 1.90. The maximum atomic E-state index is 11.3. The highest BCUT2D eigenvalue weighted by Crippen LogP contribution is 2.31. The van der Waals surface area contributed by atoms with E-state index in [9.17, 15) is 13.2 Å². The van der Waals surface area contributed by atoms with Gasteiger partial charge in [-0.3, -0.25) is 4.79 Å². The van der Waals surface area contributed by atoms with Crippen LogP contribution in [0.15, 0.2) is 23.1 Å². The Morgan fingerprint density at radius 2 is 2.12 bits per heavy atom. The molecule has 1 aliphatic rings. The third-order valence-electron chi connectivity index (χ3n) is 2.21. The summed E-state index contributed by atoms with van der Waals surface area (Å²) in [5.41, 5.74) is 0.314. The van der Waals surface area contributed by atoms with Gasteiger partial charge in [0.1, 0.15) is 5.75 Å². The van der Waals surface area contributed by atoms with Crippen LogP contribution >= 0.6 is 0 Å². The molecule has 0 saturated carbocycles. The number of ether oxygens (including phenoxy) is 1. The first-order chi connectivity index (χ1) is 7.38. The van der Waals surface area contributed by atoms with E-state index in [0.717, 1.165) is 0 Å². The number of rotatable bonds is 1. The van der Waals surface area contributed by atoms with Crippen molar-refractivity contribution in [3.63, 3.8) is 0 Å². The number of hydrogen-bond donors (Lipinski definition) is 2. The lowest BCUT2D eigenvalue weighted by Gasteiger charge is -2.23. The van der Waals surface area contributed by atoms with Gasteiger partial charge in [-0.15, -0.1) is 0 Å². The number of benzene rings is 1. The molecule has 6 nitrogen and oxygen atoms in total. The molecule has 0 saturated heterocycles. The number of nitrogens with one attached hydrogen (secondary N) is 1. The molecule has 0 unspecified atom stereocenters. The highest BCUT2D eigenvalue weighted by molar-refractivity contribution is 7.89. The summed E-state index contributed by atoms with van der Waals surface area (Å²) in [5.74, 6) is 0.110. The van der Waals surface area contributed by atoms with Crippen LogP contribution < -0.4 is 15.2 Å². The number of amides is 1. The fraction of sp³-hybridized carbons (Fsp3) is 0.222. The van der Waals surface area contributed by atoms with Crippen LogP contribution in [0.25, 0.3) is 0 Å². The molecule has 0 radical (unpaired) electrons. The molecular weight excluding hydrogens is 232 g/mol. The molecule has 1 aliphatic heterocycles. The molecule has 86 valence electrons. The van der Waals surface area contributed by atoms with Crippen LogP contribution in [0, 0.1) is 0 Å². The summed E-state index contributed by atoms with van der Waals surface area (Å²) in [5, 5.41) is 7.51. The molecule has 1 aromatic rings. The lowest BCUT2D eigenvalue weighted by atomic mass is 10.2. The van der Waals surface area contributed by atoms with Gasteiger partial charge in [-0.05, 0) is 25.1 Å². The van der Waals surface area contributed by atoms with E-state index in [4.69, 9.17) is 9.88 Å². The minimum Gasteiger partial charge on any atom is -0.479 e. The maximum Gasteiger partial charge on any atom is 0.265 e. The van der Waals surface area contributed by atoms with E-state index in [1.807, 2.05) is 0 Å². The standard InChI is InChI=1S/C9H10N2O4S/c1-5-9(12)11-7-4-6(16(10,13)14)2-3-8(7)15-5/h2-5H,1H3,(H,11,12)(H2,10,13,14)/t5-/m1/s1. The summed E-state index contributed by atoms with van der Waals surface area (Å²) in [6.45, 7) is 1.60. The molecule has 0 aliphatic carbocycles. The van der Waals surface area contributed by atoms with Gasteiger partial charge in [0, 0.05) is 0 Å². The smallest absolute Gasteiger partial charge is 0.265 e. The van der Waals surface area contributed by atoms with Crippen LogP contribution in [0.1, 0.15) is 6.92 Å². The summed E-state index contributed by atoms with van der Waals surface area (Å²) >= 11 is 0. The molecule has 0 spiro atoms. The Morgan fingerprint density at radius 1 is 1.44 bits per heavy atom. The van der Waals surface area contributed by atoms with Crippen molar-refractivity contribution in [1.82, 2.24) is 0 Å². The number of anilines is 1. The normalized spacial score (nSPS) is 19.6. The second-order valence-corrected chi connectivity index (χ2v) is 5.01. The molecule has 7 heteroatoms. The first-order valence-corrected chi connectivity index (χ1v) is 6.07. The maximum absolute atomic E-state index is 11.3. The second kappa shape index (κ2) is 3.46. The third-order valence-corrected chi connectivity index (χ3v) is 3.12. The Balaban J connectivity index is 2.48. The number of hydrogen-bond acceptors (Lipinski definition) is 4. The average molecular weight is 242 g/mol. The van der Waals surface area contributed by atoms with Crippen LogP contribution in [-0.4, -0.2) is 20.4 Å². The minimum atomic E-state index is -3.77. The zero-order valence-electron chi connectivity index (χ0n) is 8.43. The van der Waals surface area contributed by atoms with Crippen molar-refractivity contribution in [3.8, 4) is 5.75 Å². The van der Waals surface area contributed by atoms with Crippen molar-refractivity contribution in [2.24, 2.45) is 5.14 Å². The molecule has 1 aromatic carbocycles. The lowest BCUT2D eigenvalue weighted by molar-refractivity contribution is -0.122. The van der Waals surface area contributed by atoms with Crippen molar-refractivity contribution in [2.75, 3.05) is 5.32 Å². The molecule has 0 aromatic heterocycles. The van der Waals surface area contributed by atoms with Gasteiger partial charge in [0.05, 0.1) is 10.6 Å². The summed E-state index contributed by atoms with van der Waals surface area (Å²) in [6.07, 6.45) is -0.590. The van der Waals surface area contributed by atoms with Gasteiger partial charge in [0.25, 0.3) is 5.91 Å². The molecular formula is C9H10N2O4S. The van der Waals surface area contributed by atoms with Gasteiger partial charge in [-0.2, -0.15) is 0 Å². The van der Waals surface area contributed by atoms with E-state index >= 15 is 0 Å². The van der Waals surface area contributed by atoms with Crippen LogP contribution in [0.3, 0.4) is 0 Å². The monoisotopic (exact) mass is 242 g/mol. The number of nitrogens with two attached hydrogens (primary N) is 1. The van der Waals surface area contributed by atoms with Crippen LogP contribution in [0.4, 0.5) is 5.69 Å². The Morgan fingerprint density at radius 3 is 2.75 bits per heavy atom. The van der Waals surface area contributed by atoms with Gasteiger partial charge >= 0.3 is 0 Å². The number of carbonyl (C=O) groups excluding carboxylic acids is 1. The SMILES string of the molecule is C[C@H]1Oc2ccc(S(N)(=O)=O)cc2NC1=O. The third kappa shape index (κ3) is 1.86. The van der Waals surface area contributed by atoms with Crippen molar-refractivity contribution in [3.05, 3.63) is 18.2 Å². The van der Waals surface area contributed by atoms with Crippen molar-refractivity contribution < 1.29 is 17.9 Å². The molecule has 0 fully saturated rings. The highest BCUT2D eigenvalue weighted by Gasteiger charge is 2.24. The number of primary sulfonamides is 1. The summed E-state index contributed by atoms with van der Waals surface area (Å²) in [4.78, 5) is 11.2. The predicted octanol–water partition coefficient (Wildman–Crippen LogP) is 0.0534. The number of carbonyl (C=O) groups is 1. The van der Waals surface area contributed by atoms with Crippen LogP contribution in [0.5, 0.6) is 5.75 Å². The Hall–Kier alpha value is -1.60. The minimum absolute atomic E-state index is 0.0651. The highest BCUT2D eigenvalue weighted by atomic mass is 32.2. The largest absolute Gasteiger partial charge is 0.479 e. The summed E-state index contributed by atoms with van der Waals surface area (Å²) in [6, 6.07) is 4.07. The van der Waals surface area contributed by atoms with Crippen LogP contribution in [0.2, 0.25) is 0 Å². The predicted molar refractivity (Wildman–Crippen MR) is 56.5 cm³/mol. The second-order valence-electron chi connectivity index (χ2n) is 3.45. The summed E-state index contributed by atoms with van der Waals surface area (Å²) in [7, 11) is -3.77. The topological polar surface area (TPSA) is 98.5 Å². The van der Waals surface area contributed by atoms with Crippen molar-refractivity contribution in [2.45, 2.75) is 17.9 Å². The van der Waals surface area contributed by atoms with E-state index < -0.39 is 16.1 Å². The lowest BCUT2D eigenvalue weighted by Crippen LogP contribution is -2.34. The van der Waals surface area contributed by atoms with E-state index in [1.165, 1.54) is 18.2 Å². The van der Waals surface area contributed by atoms with E-state index in [1.54, 1.807) is 6.92 Å². The summed E-state index contributed by atoms with van der Waals surface area (Å²) < 4.78 is 27.4. The zero-order valence-corrected chi connectivity index (χ0v) is 9.24. The van der Waals surface area contributed by atoms with E-state index in [-0.39, 0.29) is 10.8 Å². The quantitative estimate of drug-likeness (QED) is 0.727. The zero-order chi connectivity index (χ0) is 11.9. The first-order valence-electron chi connectivity index (χ1n) is 4.52. The van der Waals surface area contributed by atoms with Gasteiger partial charge in [0.2, 0.25) is 10.0 Å². The molecule has 1 heterocycles. The molecule has 1 amide bonds. The van der Waals surface area contributed by atoms with Gasteiger partial charge < -0.3 is 10.1 Å². The van der Waals surface area contributed by atoms with Crippen molar-refractivity contribution in [1.29, 1.82) is 0 Å².